The topological polar surface area (TPSA) is 13.1 Å². The van der Waals surface area contributed by atoms with Crippen molar-refractivity contribution in [3.05, 3.63) is 174 Å². The Kier molecular flexibility index (Phi) is 6.13. The predicted octanol–water partition coefficient (Wildman–Crippen LogP) is 14.0. The molecule has 1 heterocycles. The van der Waals surface area contributed by atoms with Gasteiger partial charge in [0.05, 0.1) is 0 Å². The Balaban J connectivity index is 1.08. The molecule has 0 N–H and O–H groups in total. The molecule has 0 saturated carbocycles. The maximum atomic E-state index is 6.48. The highest BCUT2D eigenvalue weighted by Gasteiger charge is 2.28. The van der Waals surface area contributed by atoms with Crippen LogP contribution < -0.4 is 0 Å². The molecule has 1 heteroatoms. The van der Waals surface area contributed by atoms with Crippen molar-refractivity contribution in [2.75, 3.05) is 0 Å². The van der Waals surface area contributed by atoms with Crippen LogP contribution in [-0.4, -0.2) is 0 Å². The Morgan fingerprint density at radius 1 is 0.529 bits per heavy atom. The van der Waals surface area contributed by atoms with Gasteiger partial charge in [-0.05, 0) is 119 Å². The van der Waals surface area contributed by atoms with Gasteiger partial charge in [0, 0.05) is 22.8 Å². The van der Waals surface area contributed by atoms with Crippen molar-refractivity contribution >= 4 is 49.6 Å². The van der Waals surface area contributed by atoms with E-state index >= 15 is 0 Å². The molecule has 11 rings (SSSR count). The van der Waals surface area contributed by atoms with Crippen molar-refractivity contribution in [1.82, 2.24) is 0 Å². The number of furan rings is 1. The fourth-order valence-corrected chi connectivity index (χ4v) is 9.09. The molecule has 0 spiro atoms. The van der Waals surface area contributed by atoms with Crippen molar-refractivity contribution in [2.45, 2.75) is 25.7 Å². The van der Waals surface area contributed by atoms with Crippen molar-refractivity contribution in [3.8, 4) is 44.5 Å². The van der Waals surface area contributed by atoms with E-state index < -0.39 is 0 Å². The second-order valence-corrected chi connectivity index (χ2v) is 14.4. The fraction of sp³-hybridized carbons (Fsp3) is 0.0800. The first-order valence-electron chi connectivity index (χ1n) is 18.1. The second-order valence-electron chi connectivity index (χ2n) is 14.4. The molecule has 1 atom stereocenters. The van der Waals surface area contributed by atoms with Crippen LogP contribution in [-0.2, 0) is 6.42 Å². The second kappa shape index (κ2) is 10.9. The third-order valence-corrected chi connectivity index (χ3v) is 11.5. The van der Waals surface area contributed by atoms with E-state index in [4.69, 9.17) is 4.42 Å². The molecule has 1 aromatic heterocycles. The van der Waals surface area contributed by atoms with Gasteiger partial charge in [-0.2, -0.15) is 0 Å². The van der Waals surface area contributed by atoms with Crippen LogP contribution in [0, 0.1) is 0 Å². The molecule has 0 fully saturated rings. The quantitative estimate of drug-likeness (QED) is 0.185. The van der Waals surface area contributed by atoms with Gasteiger partial charge < -0.3 is 4.42 Å². The average Bonchev–Trinajstić information content (AvgIpc) is 3.75. The number of allylic oxidation sites excluding steroid dienone is 1. The first kappa shape index (κ1) is 28.6. The summed E-state index contributed by atoms with van der Waals surface area (Å²) in [6, 6.07) is 53.8. The van der Waals surface area contributed by atoms with Gasteiger partial charge in [0.15, 0.2) is 0 Å². The Labute approximate surface area is 297 Å². The molecular formula is C50H34O. The summed E-state index contributed by atoms with van der Waals surface area (Å²) >= 11 is 0. The van der Waals surface area contributed by atoms with Gasteiger partial charge in [-0.15, -0.1) is 0 Å². The number of para-hydroxylation sites is 1. The maximum Gasteiger partial charge on any atom is 0.139 e. The number of rotatable bonds is 3. The van der Waals surface area contributed by atoms with Crippen LogP contribution >= 0.6 is 0 Å². The van der Waals surface area contributed by atoms with E-state index in [1.54, 1.807) is 0 Å². The minimum absolute atomic E-state index is 0.399. The van der Waals surface area contributed by atoms with Crippen LogP contribution in [0.3, 0.4) is 0 Å². The highest BCUT2D eigenvalue weighted by Crippen LogP contribution is 2.50. The van der Waals surface area contributed by atoms with E-state index in [2.05, 4.69) is 165 Å². The van der Waals surface area contributed by atoms with Crippen molar-refractivity contribution in [3.63, 3.8) is 0 Å². The molecule has 1 unspecified atom stereocenters. The number of benzene rings is 8. The van der Waals surface area contributed by atoms with Gasteiger partial charge in [-0.25, -0.2) is 0 Å². The number of hydrogen-bond acceptors (Lipinski definition) is 1. The summed E-state index contributed by atoms with van der Waals surface area (Å²) in [4.78, 5) is 0. The van der Waals surface area contributed by atoms with E-state index in [9.17, 15) is 0 Å². The van der Waals surface area contributed by atoms with Gasteiger partial charge in [0.2, 0.25) is 0 Å². The molecule has 1 nitrogen and oxygen atoms in total. The lowest BCUT2D eigenvalue weighted by atomic mass is 9.76. The Morgan fingerprint density at radius 3 is 2.10 bits per heavy atom. The summed E-state index contributed by atoms with van der Waals surface area (Å²) in [6.07, 6.45) is 6.69. The van der Waals surface area contributed by atoms with E-state index in [-0.39, 0.29) is 0 Å². The third kappa shape index (κ3) is 4.28. The maximum absolute atomic E-state index is 6.48. The van der Waals surface area contributed by atoms with Gasteiger partial charge in [-0.3, -0.25) is 0 Å². The normalized spacial score (nSPS) is 14.7. The molecule has 0 bridgehead atoms. The van der Waals surface area contributed by atoms with Gasteiger partial charge in [-0.1, -0.05) is 140 Å². The van der Waals surface area contributed by atoms with Crippen molar-refractivity contribution < 1.29 is 4.42 Å². The van der Waals surface area contributed by atoms with Crippen LogP contribution in [0.4, 0.5) is 0 Å². The lowest BCUT2D eigenvalue weighted by Crippen LogP contribution is -2.06. The smallest absolute Gasteiger partial charge is 0.139 e. The molecule has 9 aromatic rings. The van der Waals surface area contributed by atoms with E-state index in [0.29, 0.717) is 5.92 Å². The molecule has 2 aliphatic carbocycles. The lowest BCUT2D eigenvalue weighted by Gasteiger charge is -2.28. The standard InChI is InChI=1S/C50H34O/c1-30-9-8-15-43-47(30)49(37-24-23-36-28-45-38(44(36)29-37)25-26-42-39-12-6-7-16-46(39)51-50(42)45)41-14-5-4-13-40(41)48(43)33-20-17-32(18-21-33)35-22-19-31-10-2-3-11-34(31)27-35/h2-8,10-27,29-30H,9,28H2,1H3. The zero-order valence-electron chi connectivity index (χ0n) is 28.4. The summed E-state index contributed by atoms with van der Waals surface area (Å²) in [5.74, 6) is 0.399. The molecule has 51 heavy (non-hydrogen) atoms. The fourth-order valence-electron chi connectivity index (χ4n) is 9.09. The summed E-state index contributed by atoms with van der Waals surface area (Å²) in [6.45, 7) is 2.40. The Bertz CT molecular complexity index is 2920. The lowest BCUT2D eigenvalue weighted by molar-refractivity contribution is 0.665. The molecule has 240 valence electrons. The minimum atomic E-state index is 0.399. The van der Waals surface area contributed by atoms with Gasteiger partial charge in [0.1, 0.15) is 11.2 Å². The molecule has 0 amide bonds. The molecule has 0 aliphatic heterocycles. The van der Waals surface area contributed by atoms with Gasteiger partial charge >= 0.3 is 0 Å². The Morgan fingerprint density at radius 2 is 1.24 bits per heavy atom. The summed E-state index contributed by atoms with van der Waals surface area (Å²) < 4.78 is 6.48. The third-order valence-electron chi connectivity index (χ3n) is 11.5. The molecule has 0 radical (unpaired) electrons. The molecular weight excluding hydrogens is 617 g/mol. The molecule has 2 aliphatic rings. The highest BCUT2D eigenvalue weighted by atomic mass is 16.3. The van der Waals surface area contributed by atoms with Crippen LogP contribution in [0.1, 0.15) is 41.5 Å². The number of hydrogen-bond donors (Lipinski definition) is 0. The molecule has 0 saturated heterocycles. The van der Waals surface area contributed by atoms with Crippen LogP contribution in [0.15, 0.2) is 156 Å². The zero-order chi connectivity index (χ0) is 33.6. The zero-order valence-corrected chi connectivity index (χ0v) is 28.4. The van der Waals surface area contributed by atoms with Crippen LogP contribution in [0.5, 0.6) is 0 Å². The minimum Gasteiger partial charge on any atom is -0.456 e. The summed E-state index contributed by atoms with van der Waals surface area (Å²) in [5.41, 5.74) is 17.8. The van der Waals surface area contributed by atoms with E-state index in [1.807, 2.05) is 0 Å². The summed E-state index contributed by atoms with van der Waals surface area (Å²) in [5, 5.41) is 7.56. The van der Waals surface area contributed by atoms with Crippen LogP contribution in [0.2, 0.25) is 0 Å². The molecule has 8 aromatic carbocycles. The van der Waals surface area contributed by atoms with Crippen molar-refractivity contribution in [2.24, 2.45) is 0 Å². The average molecular weight is 651 g/mol. The van der Waals surface area contributed by atoms with E-state index in [1.165, 1.54) is 99.1 Å². The monoisotopic (exact) mass is 650 g/mol. The van der Waals surface area contributed by atoms with Crippen molar-refractivity contribution in [1.29, 1.82) is 0 Å². The van der Waals surface area contributed by atoms with Crippen LogP contribution in [0.25, 0.3) is 94.1 Å². The predicted molar refractivity (Wildman–Crippen MR) is 215 cm³/mol. The first-order valence-corrected chi connectivity index (χ1v) is 18.1. The van der Waals surface area contributed by atoms with Gasteiger partial charge in [0.25, 0.3) is 0 Å². The van der Waals surface area contributed by atoms with E-state index in [0.717, 1.165) is 24.0 Å². The summed E-state index contributed by atoms with van der Waals surface area (Å²) in [7, 11) is 0. The first-order chi connectivity index (χ1) is 25.2. The largest absolute Gasteiger partial charge is 0.456 e. The highest BCUT2D eigenvalue weighted by molar-refractivity contribution is 6.12. The number of fused-ring (bicyclic) bond motifs is 10. The SMILES string of the molecule is CC1CC=Cc2c1c(-c1ccc3c(c1)-c1ccc4c(oc5ccccc54)c1C3)c1ccccc1c2-c1ccc(-c2ccc3ccccc3c2)cc1. The Hall–Kier alpha value is -6.18.